The molecule has 3 rings (SSSR count). The molecule has 1 aliphatic rings. The SMILES string of the molecule is C=CCC(F)(F)Oc1ccc(NC(=O)C2(C)CCCC(C(C)S(=O)(=O)c3ccc(C)cc3)CC2)cc1. The maximum atomic E-state index is 13.6. The number of hydrogen-bond acceptors (Lipinski definition) is 4. The molecule has 2 aromatic rings. The van der Waals surface area contributed by atoms with Crippen LogP contribution in [0.5, 0.6) is 5.75 Å². The van der Waals surface area contributed by atoms with Crippen molar-refractivity contribution >= 4 is 21.4 Å². The third-order valence-corrected chi connectivity index (χ3v) is 9.48. The molecule has 3 unspecified atom stereocenters. The fourth-order valence-corrected chi connectivity index (χ4v) is 6.41. The summed E-state index contributed by atoms with van der Waals surface area (Å²) in [4.78, 5) is 13.5. The number of alkyl halides is 2. The number of amides is 1. The fourth-order valence-electron chi connectivity index (χ4n) is 4.69. The average Bonchev–Trinajstić information content (AvgIpc) is 3.02. The number of benzene rings is 2. The van der Waals surface area contributed by atoms with Gasteiger partial charge in [-0.25, -0.2) is 8.42 Å². The van der Waals surface area contributed by atoms with Gasteiger partial charge in [0.15, 0.2) is 9.84 Å². The lowest BCUT2D eigenvalue weighted by Crippen LogP contribution is -2.33. The monoisotopic (exact) mass is 519 g/mol. The van der Waals surface area contributed by atoms with Crippen LogP contribution in [0.15, 0.2) is 66.1 Å². The van der Waals surface area contributed by atoms with Crippen molar-refractivity contribution < 1.29 is 26.7 Å². The molecule has 1 aliphatic carbocycles. The van der Waals surface area contributed by atoms with Crippen molar-refractivity contribution in [3.63, 3.8) is 0 Å². The van der Waals surface area contributed by atoms with E-state index in [1.807, 2.05) is 13.8 Å². The normalized spacial score (nSPS) is 21.8. The Bertz CT molecular complexity index is 1160. The van der Waals surface area contributed by atoms with Gasteiger partial charge in [-0.1, -0.05) is 37.1 Å². The molecule has 0 spiro atoms. The van der Waals surface area contributed by atoms with Crippen LogP contribution < -0.4 is 10.1 Å². The quantitative estimate of drug-likeness (QED) is 0.288. The molecule has 0 saturated heterocycles. The number of rotatable bonds is 9. The predicted molar refractivity (Wildman–Crippen MR) is 138 cm³/mol. The zero-order valence-electron chi connectivity index (χ0n) is 21.1. The van der Waals surface area contributed by atoms with Crippen molar-refractivity contribution in [1.82, 2.24) is 0 Å². The highest BCUT2D eigenvalue weighted by molar-refractivity contribution is 7.92. The van der Waals surface area contributed by atoms with Crippen LogP contribution in [0.1, 0.15) is 57.9 Å². The Morgan fingerprint density at radius 2 is 1.81 bits per heavy atom. The molecule has 1 N–H and O–H groups in total. The number of ether oxygens (including phenoxy) is 1. The number of halogens is 2. The molecule has 0 heterocycles. The molecule has 196 valence electrons. The molecule has 5 nitrogen and oxygen atoms in total. The number of nitrogens with one attached hydrogen (secondary N) is 1. The highest BCUT2D eigenvalue weighted by Gasteiger charge is 2.39. The Labute approximate surface area is 212 Å². The summed E-state index contributed by atoms with van der Waals surface area (Å²) in [6.07, 6.45) is 0.449. The molecule has 1 amide bonds. The zero-order chi connectivity index (χ0) is 26.6. The summed E-state index contributed by atoms with van der Waals surface area (Å²) in [7, 11) is -3.47. The van der Waals surface area contributed by atoms with Gasteiger partial charge < -0.3 is 10.1 Å². The minimum absolute atomic E-state index is 0.00728. The van der Waals surface area contributed by atoms with Crippen LogP contribution in [0, 0.1) is 18.3 Å². The van der Waals surface area contributed by atoms with E-state index in [2.05, 4.69) is 16.6 Å². The first-order valence-corrected chi connectivity index (χ1v) is 13.8. The molecule has 2 aromatic carbocycles. The number of sulfone groups is 1. The number of anilines is 1. The van der Waals surface area contributed by atoms with Crippen LogP contribution >= 0.6 is 0 Å². The van der Waals surface area contributed by atoms with Gasteiger partial charge in [-0.05, 0) is 81.8 Å². The molecule has 0 aromatic heterocycles. The van der Waals surface area contributed by atoms with E-state index in [1.165, 1.54) is 24.3 Å². The Morgan fingerprint density at radius 1 is 1.17 bits per heavy atom. The van der Waals surface area contributed by atoms with Crippen LogP contribution in [0.3, 0.4) is 0 Å². The third kappa shape index (κ3) is 6.72. The highest BCUT2D eigenvalue weighted by Crippen LogP contribution is 2.41. The summed E-state index contributed by atoms with van der Waals surface area (Å²) in [5, 5.41) is 2.34. The smallest absolute Gasteiger partial charge is 0.401 e. The summed E-state index contributed by atoms with van der Waals surface area (Å²) in [5.41, 5.74) is 0.830. The van der Waals surface area contributed by atoms with Crippen LogP contribution in [-0.4, -0.2) is 25.7 Å². The number of carbonyl (C=O) groups is 1. The lowest BCUT2D eigenvalue weighted by molar-refractivity contribution is -0.172. The van der Waals surface area contributed by atoms with Gasteiger partial charge in [-0.3, -0.25) is 4.79 Å². The molecule has 0 bridgehead atoms. The molecule has 8 heteroatoms. The van der Waals surface area contributed by atoms with Gasteiger partial charge in [0.05, 0.1) is 16.6 Å². The van der Waals surface area contributed by atoms with Crippen LogP contribution in [0.4, 0.5) is 14.5 Å². The molecule has 1 saturated carbocycles. The topological polar surface area (TPSA) is 72.5 Å². The van der Waals surface area contributed by atoms with Gasteiger partial charge in [0.1, 0.15) is 5.75 Å². The van der Waals surface area contributed by atoms with E-state index in [9.17, 15) is 22.0 Å². The van der Waals surface area contributed by atoms with Gasteiger partial charge in [0.25, 0.3) is 0 Å². The summed E-state index contributed by atoms with van der Waals surface area (Å²) >= 11 is 0. The summed E-state index contributed by atoms with van der Waals surface area (Å²) in [5.74, 6) is -0.213. The minimum atomic E-state index is -3.47. The minimum Gasteiger partial charge on any atom is -0.432 e. The molecular formula is C28H35F2NO4S. The van der Waals surface area contributed by atoms with E-state index >= 15 is 0 Å². The van der Waals surface area contributed by atoms with Crippen molar-refractivity contribution in [3.05, 3.63) is 66.7 Å². The van der Waals surface area contributed by atoms with Crippen molar-refractivity contribution in [2.24, 2.45) is 11.3 Å². The molecule has 1 fully saturated rings. The standard InChI is InChI=1S/C28H35F2NO4S/c1-5-17-28(29,30)35-24-12-10-23(11-13-24)31-26(32)27(4)18-6-7-22(16-19-27)21(3)36(33,34)25-14-8-20(2)9-15-25/h5,8-15,21-22H,1,6-7,16-19H2,2-4H3,(H,31,32). The number of hydrogen-bond donors (Lipinski definition) is 1. The van der Waals surface area contributed by atoms with E-state index < -0.39 is 33.0 Å². The van der Waals surface area contributed by atoms with Crippen LogP contribution in [-0.2, 0) is 14.6 Å². The summed E-state index contributed by atoms with van der Waals surface area (Å²) in [6, 6.07) is 12.7. The van der Waals surface area contributed by atoms with Gasteiger partial charge >= 0.3 is 6.11 Å². The maximum Gasteiger partial charge on any atom is 0.401 e. The van der Waals surface area contributed by atoms with Gasteiger partial charge in [-0.2, -0.15) is 8.78 Å². The van der Waals surface area contributed by atoms with Gasteiger partial charge in [-0.15, -0.1) is 6.58 Å². The largest absolute Gasteiger partial charge is 0.432 e. The van der Waals surface area contributed by atoms with Crippen LogP contribution in [0.2, 0.25) is 0 Å². The average molecular weight is 520 g/mol. The number of carbonyl (C=O) groups excluding carboxylic acids is 1. The second-order valence-electron chi connectivity index (χ2n) is 10.0. The van der Waals surface area contributed by atoms with Crippen molar-refractivity contribution in [1.29, 1.82) is 0 Å². The van der Waals surface area contributed by atoms with E-state index in [0.29, 0.717) is 29.8 Å². The van der Waals surface area contributed by atoms with Crippen molar-refractivity contribution in [3.8, 4) is 5.75 Å². The Balaban J connectivity index is 1.63. The van der Waals surface area contributed by atoms with Crippen molar-refractivity contribution in [2.45, 2.75) is 75.6 Å². The fraction of sp³-hybridized carbons (Fsp3) is 0.464. The zero-order valence-corrected chi connectivity index (χ0v) is 21.9. The summed E-state index contributed by atoms with van der Waals surface area (Å²) < 4.78 is 58.3. The molecule has 0 radical (unpaired) electrons. The molecule has 36 heavy (non-hydrogen) atoms. The molecule has 3 atom stereocenters. The lowest BCUT2D eigenvalue weighted by atomic mass is 9.81. The second kappa shape index (κ2) is 11.1. The van der Waals surface area contributed by atoms with E-state index in [0.717, 1.165) is 24.5 Å². The van der Waals surface area contributed by atoms with E-state index in [1.54, 1.807) is 31.2 Å². The Morgan fingerprint density at radius 3 is 2.42 bits per heavy atom. The number of aryl methyl sites for hydroxylation is 1. The lowest BCUT2D eigenvalue weighted by Gasteiger charge is -2.27. The second-order valence-corrected chi connectivity index (χ2v) is 12.3. The molecule has 0 aliphatic heterocycles. The van der Waals surface area contributed by atoms with Crippen LogP contribution in [0.25, 0.3) is 0 Å². The summed E-state index contributed by atoms with van der Waals surface area (Å²) in [6.45, 7) is 8.88. The predicted octanol–water partition coefficient (Wildman–Crippen LogP) is 6.93. The Kier molecular flexibility index (Phi) is 8.59. The highest BCUT2D eigenvalue weighted by atomic mass is 32.2. The van der Waals surface area contributed by atoms with E-state index in [4.69, 9.17) is 0 Å². The van der Waals surface area contributed by atoms with Gasteiger partial charge in [0.2, 0.25) is 5.91 Å². The third-order valence-electron chi connectivity index (χ3n) is 7.18. The maximum absolute atomic E-state index is 13.6. The Hall–Kier alpha value is -2.74. The molecular weight excluding hydrogens is 484 g/mol. The first kappa shape index (κ1) is 27.8. The first-order valence-electron chi connectivity index (χ1n) is 12.3. The van der Waals surface area contributed by atoms with Crippen molar-refractivity contribution in [2.75, 3.05) is 5.32 Å². The first-order chi connectivity index (χ1) is 16.9. The van der Waals surface area contributed by atoms with E-state index in [-0.39, 0.29) is 17.6 Å². The van der Waals surface area contributed by atoms with Gasteiger partial charge in [0, 0.05) is 11.1 Å².